The van der Waals surface area contributed by atoms with E-state index in [9.17, 15) is 18.0 Å². The second kappa shape index (κ2) is 9.62. The van der Waals surface area contributed by atoms with Crippen molar-refractivity contribution in [2.45, 2.75) is 11.8 Å². The number of sulfonamides is 1. The number of carbonyl (C=O) groups is 2. The van der Waals surface area contributed by atoms with Crippen LogP contribution in [-0.4, -0.2) is 52.5 Å². The van der Waals surface area contributed by atoms with Gasteiger partial charge in [0.25, 0.3) is 15.9 Å². The zero-order valence-electron chi connectivity index (χ0n) is 16.1. The molecule has 1 N–H and O–H groups in total. The van der Waals surface area contributed by atoms with Crippen molar-refractivity contribution >= 4 is 39.2 Å². The van der Waals surface area contributed by atoms with Crippen molar-refractivity contribution in [3.63, 3.8) is 0 Å². The van der Waals surface area contributed by atoms with Crippen LogP contribution in [0, 0.1) is 0 Å². The Morgan fingerprint density at radius 1 is 1.17 bits per heavy atom. The zero-order chi connectivity index (χ0) is 21.6. The Morgan fingerprint density at radius 2 is 1.90 bits per heavy atom. The van der Waals surface area contributed by atoms with E-state index in [0.717, 1.165) is 4.90 Å². The number of rotatable bonds is 8. The molecule has 0 atom stereocenters. The summed E-state index contributed by atoms with van der Waals surface area (Å²) in [6.07, 6.45) is 0. The minimum atomic E-state index is -4.03. The van der Waals surface area contributed by atoms with E-state index in [1.165, 1.54) is 50.6 Å². The van der Waals surface area contributed by atoms with Gasteiger partial charge in [-0.3, -0.25) is 14.3 Å². The summed E-state index contributed by atoms with van der Waals surface area (Å²) in [5.41, 5.74) is 0.272. The van der Waals surface area contributed by atoms with E-state index in [1.54, 1.807) is 13.0 Å². The summed E-state index contributed by atoms with van der Waals surface area (Å²) < 4.78 is 37.9. The predicted molar refractivity (Wildman–Crippen MR) is 109 cm³/mol. The number of nitrogens with zero attached hydrogens (tertiary/aromatic N) is 1. The first kappa shape index (κ1) is 22.5. The standard InChI is InChI=1S/C19H21ClN2O6S/c1-4-28-18(23)12-22(2)19(24)13-6-5-7-15(10-13)29(25,26)21-16-11-14(20)8-9-17(16)27-3/h5-11,21H,4,12H2,1-3H3. The summed E-state index contributed by atoms with van der Waals surface area (Å²) in [6, 6.07) is 9.99. The van der Waals surface area contributed by atoms with Gasteiger partial charge in [-0.2, -0.15) is 0 Å². The van der Waals surface area contributed by atoms with Gasteiger partial charge in [-0.25, -0.2) is 8.42 Å². The number of ether oxygens (including phenoxy) is 2. The monoisotopic (exact) mass is 440 g/mol. The lowest BCUT2D eigenvalue weighted by Crippen LogP contribution is -2.33. The first-order valence-corrected chi connectivity index (χ1v) is 10.4. The zero-order valence-corrected chi connectivity index (χ0v) is 17.7. The SMILES string of the molecule is CCOC(=O)CN(C)C(=O)c1cccc(S(=O)(=O)Nc2cc(Cl)ccc2OC)c1. The highest BCUT2D eigenvalue weighted by Crippen LogP contribution is 2.30. The van der Waals surface area contributed by atoms with Gasteiger partial charge in [0.05, 0.1) is 24.3 Å². The van der Waals surface area contributed by atoms with Crippen molar-refractivity contribution < 1.29 is 27.5 Å². The van der Waals surface area contributed by atoms with Crippen molar-refractivity contribution in [1.82, 2.24) is 4.90 Å². The van der Waals surface area contributed by atoms with Gasteiger partial charge in [-0.05, 0) is 43.3 Å². The number of halogens is 1. The first-order valence-electron chi connectivity index (χ1n) is 8.55. The molecule has 0 spiro atoms. The van der Waals surface area contributed by atoms with Crippen molar-refractivity contribution in [3.8, 4) is 5.75 Å². The van der Waals surface area contributed by atoms with Crippen molar-refractivity contribution in [2.24, 2.45) is 0 Å². The summed E-state index contributed by atoms with van der Waals surface area (Å²) in [4.78, 5) is 25.1. The van der Waals surface area contributed by atoms with Crippen molar-refractivity contribution in [1.29, 1.82) is 0 Å². The van der Waals surface area contributed by atoms with Crippen LogP contribution in [0.4, 0.5) is 5.69 Å². The highest BCUT2D eigenvalue weighted by molar-refractivity contribution is 7.92. The van der Waals surface area contributed by atoms with E-state index in [1.807, 2.05) is 0 Å². The third-order valence-electron chi connectivity index (χ3n) is 3.82. The highest BCUT2D eigenvalue weighted by atomic mass is 35.5. The summed E-state index contributed by atoms with van der Waals surface area (Å²) in [5, 5.41) is 0.327. The maximum absolute atomic E-state index is 12.8. The molecule has 0 saturated heterocycles. The first-order chi connectivity index (χ1) is 13.7. The van der Waals surface area contributed by atoms with Crippen LogP contribution in [-0.2, 0) is 19.6 Å². The number of esters is 1. The molecular formula is C19H21ClN2O6S. The van der Waals surface area contributed by atoms with E-state index >= 15 is 0 Å². The Hall–Kier alpha value is -2.78. The number of anilines is 1. The summed E-state index contributed by atoms with van der Waals surface area (Å²) in [5.74, 6) is -0.781. The minimum absolute atomic E-state index is 0.109. The molecule has 29 heavy (non-hydrogen) atoms. The number of carbonyl (C=O) groups excluding carboxylic acids is 2. The molecule has 2 aromatic carbocycles. The molecule has 0 aliphatic heterocycles. The molecule has 0 saturated carbocycles. The van der Waals surface area contributed by atoms with Crippen LogP contribution in [0.25, 0.3) is 0 Å². The molecule has 1 amide bonds. The maximum Gasteiger partial charge on any atom is 0.325 e. The maximum atomic E-state index is 12.8. The van der Waals surface area contributed by atoms with Crippen LogP contribution in [0.3, 0.4) is 0 Å². The van der Waals surface area contributed by atoms with Crippen LogP contribution >= 0.6 is 11.6 Å². The van der Waals surface area contributed by atoms with Gasteiger partial charge in [-0.15, -0.1) is 0 Å². The van der Waals surface area contributed by atoms with Gasteiger partial charge in [0, 0.05) is 17.6 Å². The molecule has 0 bridgehead atoms. The van der Waals surface area contributed by atoms with Crippen LogP contribution in [0.1, 0.15) is 17.3 Å². The Labute approximate surface area is 174 Å². The van der Waals surface area contributed by atoms with Crippen LogP contribution in [0.5, 0.6) is 5.75 Å². The third kappa shape index (κ3) is 5.85. The lowest BCUT2D eigenvalue weighted by Gasteiger charge is -2.17. The fraction of sp³-hybridized carbons (Fsp3) is 0.263. The number of hydrogen-bond acceptors (Lipinski definition) is 6. The van der Waals surface area contributed by atoms with E-state index < -0.39 is 21.9 Å². The Morgan fingerprint density at radius 3 is 2.55 bits per heavy atom. The van der Waals surface area contributed by atoms with Crippen molar-refractivity contribution in [2.75, 3.05) is 32.0 Å². The Balaban J connectivity index is 2.27. The Bertz CT molecular complexity index is 1010. The van der Waals surface area contributed by atoms with Crippen molar-refractivity contribution in [3.05, 3.63) is 53.1 Å². The lowest BCUT2D eigenvalue weighted by atomic mass is 10.2. The quantitative estimate of drug-likeness (QED) is 0.633. The van der Waals surface area contributed by atoms with Gasteiger partial charge in [-0.1, -0.05) is 17.7 Å². The van der Waals surface area contributed by atoms with E-state index in [-0.39, 0.29) is 29.3 Å². The van der Waals surface area contributed by atoms with Gasteiger partial charge < -0.3 is 14.4 Å². The molecule has 0 radical (unpaired) electrons. The van der Waals surface area contributed by atoms with Crippen LogP contribution in [0.2, 0.25) is 5.02 Å². The van der Waals surface area contributed by atoms with Crippen LogP contribution in [0.15, 0.2) is 47.4 Å². The predicted octanol–water partition coefficient (Wildman–Crippen LogP) is 2.78. The molecule has 156 valence electrons. The third-order valence-corrected chi connectivity index (χ3v) is 5.41. The molecule has 0 aromatic heterocycles. The number of likely N-dealkylation sites (N-methyl/N-ethyl adjacent to an activating group) is 1. The summed E-state index contributed by atoms with van der Waals surface area (Å²) >= 11 is 5.94. The molecule has 2 rings (SSSR count). The molecule has 0 unspecified atom stereocenters. The molecule has 0 aliphatic rings. The van der Waals surface area contributed by atoms with Gasteiger partial charge in [0.1, 0.15) is 12.3 Å². The number of benzene rings is 2. The fourth-order valence-electron chi connectivity index (χ4n) is 2.45. The summed E-state index contributed by atoms with van der Waals surface area (Å²) in [7, 11) is -1.20. The Kier molecular flexibility index (Phi) is 7.46. The topological polar surface area (TPSA) is 102 Å². The van der Waals surface area contributed by atoms with E-state index in [0.29, 0.717) is 10.8 Å². The van der Waals surface area contributed by atoms with E-state index in [2.05, 4.69) is 4.72 Å². The van der Waals surface area contributed by atoms with Gasteiger partial charge >= 0.3 is 5.97 Å². The van der Waals surface area contributed by atoms with E-state index in [4.69, 9.17) is 21.1 Å². The second-order valence-electron chi connectivity index (χ2n) is 5.94. The molecule has 0 fully saturated rings. The summed E-state index contributed by atoms with van der Waals surface area (Å²) in [6.45, 7) is 1.62. The highest BCUT2D eigenvalue weighted by Gasteiger charge is 2.21. The average molecular weight is 441 g/mol. The largest absolute Gasteiger partial charge is 0.495 e. The molecule has 2 aromatic rings. The van der Waals surface area contributed by atoms with Gasteiger partial charge in [0.2, 0.25) is 0 Å². The number of methoxy groups -OCH3 is 1. The average Bonchev–Trinajstić information content (AvgIpc) is 2.67. The molecule has 0 aliphatic carbocycles. The smallest absolute Gasteiger partial charge is 0.325 e. The number of nitrogens with one attached hydrogen (secondary N) is 1. The molecular weight excluding hydrogens is 420 g/mol. The number of hydrogen-bond donors (Lipinski definition) is 1. The second-order valence-corrected chi connectivity index (χ2v) is 8.06. The molecule has 0 heterocycles. The fourth-order valence-corrected chi connectivity index (χ4v) is 3.73. The lowest BCUT2D eigenvalue weighted by molar-refractivity contribution is -0.143. The normalized spacial score (nSPS) is 10.9. The molecule has 10 heteroatoms. The minimum Gasteiger partial charge on any atom is -0.495 e. The molecule has 8 nitrogen and oxygen atoms in total. The number of amides is 1. The van der Waals surface area contributed by atoms with Gasteiger partial charge in [0.15, 0.2) is 0 Å². The van der Waals surface area contributed by atoms with Crippen LogP contribution < -0.4 is 9.46 Å².